The number of fused-ring (bicyclic) bond motifs is 1. The summed E-state index contributed by atoms with van der Waals surface area (Å²) in [6.07, 6.45) is 1.72. The van der Waals surface area contributed by atoms with E-state index in [1.54, 1.807) is 36.5 Å². The minimum atomic E-state index is -0.841. The van der Waals surface area contributed by atoms with Gasteiger partial charge in [-0.3, -0.25) is 9.78 Å². The number of amides is 2. The third-order valence-corrected chi connectivity index (χ3v) is 4.96. The molecule has 2 amide bonds. The molecule has 7 heteroatoms. The predicted octanol–water partition coefficient (Wildman–Crippen LogP) is 3.20. The Kier molecular flexibility index (Phi) is 4.87. The monoisotopic (exact) mass is 388 g/mol. The third-order valence-electron chi connectivity index (χ3n) is 4.96. The highest BCUT2D eigenvalue weighted by molar-refractivity contribution is 6.06. The van der Waals surface area contributed by atoms with Crippen LogP contribution < -0.4 is 16.8 Å². The van der Waals surface area contributed by atoms with Gasteiger partial charge < -0.3 is 21.5 Å². The van der Waals surface area contributed by atoms with Crippen molar-refractivity contribution in [3.05, 3.63) is 88.7 Å². The fraction of sp³-hybridized carbons (Fsp3) is 0.136. The van der Waals surface area contributed by atoms with E-state index in [-0.39, 0.29) is 12.5 Å². The molecule has 146 valence electrons. The van der Waals surface area contributed by atoms with Crippen molar-refractivity contribution in [3.63, 3.8) is 0 Å². The number of benzene rings is 2. The Balaban J connectivity index is 1.43. The lowest BCUT2D eigenvalue weighted by Crippen LogP contribution is -2.14. The van der Waals surface area contributed by atoms with Crippen LogP contribution in [0.3, 0.4) is 0 Å². The van der Waals surface area contributed by atoms with Gasteiger partial charge in [-0.05, 0) is 47.4 Å². The fourth-order valence-electron chi connectivity index (χ4n) is 3.34. The minimum absolute atomic E-state index is 0.0602. The van der Waals surface area contributed by atoms with E-state index in [0.717, 1.165) is 23.2 Å². The van der Waals surface area contributed by atoms with Crippen LogP contribution in [0.2, 0.25) is 0 Å². The summed E-state index contributed by atoms with van der Waals surface area (Å²) < 4.78 is 4.73. The Bertz CT molecular complexity index is 1060. The highest BCUT2D eigenvalue weighted by atomic mass is 16.5. The summed E-state index contributed by atoms with van der Waals surface area (Å²) in [4.78, 5) is 27.6. The van der Waals surface area contributed by atoms with Gasteiger partial charge in [-0.2, -0.15) is 0 Å². The molecule has 29 heavy (non-hydrogen) atoms. The molecule has 1 unspecified atom stereocenters. The van der Waals surface area contributed by atoms with Crippen LogP contribution in [0, 0.1) is 0 Å². The summed E-state index contributed by atoms with van der Waals surface area (Å²) in [5.41, 5.74) is 16.9. The summed E-state index contributed by atoms with van der Waals surface area (Å²) >= 11 is 0. The molecule has 1 atom stereocenters. The molecule has 1 aliphatic carbocycles. The largest absolute Gasteiger partial charge is 0.445 e. The summed E-state index contributed by atoms with van der Waals surface area (Å²) in [6, 6.07) is 16.4. The number of pyridine rings is 1. The Morgan fingerprint density at radius 1 is 1.07 bits per heavy atom. The van der Waals surface area contributed by atoms with Crippen LogP contribution >= 0.6 is 0 Å². The molecule has 0 saturated carbocycles. The van der Waals surface area contributed by atoms with Crippen LogP contribution in [0.25, 0.3) is 0 Å². The Hall–Kier alpha value is -3.87. The number of carbonyl (C=O) groups is 2. The number of hydrogen-bond donors (Lipinski definition) is 3. The number of hydrogen-bond acceptors (Lipinski definition) is 5. The topological polar surface area (TPSA) is 120 Å². The summed E-state index contributed by atoms with van der Waals surface area (Å²) in [5, 5.41) is 2.87. The molecule has 5 N–H and O–H groups in total. The van der Waals surface area contributed by atoms with Crippen LogP contribution in [-0.4, -0.2) is 17.0 Å². The number of rotatable bonds is 6. The number of ether oxygens (including phenoxy) is 1. The van der Waals surface area contributed by atoms with Crippen molar-refractivity contribution in [3.8, 4) is 0 Å². The fourth-order valence-corrected chi connectivity index (χ4v) is 3.34. The number of nitrogens with two attached hydrogens (primary N) is 2. The lowest BCUT2D eigenvalue weighted by atomic mass is 10.0. The summed E-state index contributed by atoms with van der Waals surface area (Å²) in [7, 11) is 0. The van der Waals surface area contributed by atoms with Gasteiger partial charge in [0.1, 0.15) is 6.61 Å². The van der Waals surface area contributed by atoms with E-state index >= 15 is 0 Å². The maximum absolute atomic E-state index is 12.6. The minimum Gasteiger partial charge on any atom is -0.445 e. The number of nitrogens with zero attached hydrogens (tertiary/aromatic N) is 1. The van der Waals surface area contributed by atoms with Gasteiger partial charge >= 0.3 is 6.09 Å². The van der Waals surface area contributed by atoms with E-state index in [1.807, 2.05) is 18.2 Å². The molecule has 0 saturated heterocycles. The molecular formula is C22H20N4O3. The van der Waals surface area contributed by atoms with Gasteiger partial charge in [0.2, 0.25) is 0 Å². The summed E-state index contributed by atoms with van der Waals surface area (Å²) in [6.45, 7) is 0.0602. The van der Waals surface area contributed by atoms with Crippen molar-refractivity contribution in [1.82, 2.24) is 4.98 Å². The Morgan fingerprint density at radius 3 is 2.55 bits per heavy atom. The summed E-state index contributed by atoms with van der Waals surface area (Å²) in [5.74, 6) is 0.0287. The van der Waals surface area contributed by atoms with Crippen molar-refractivity contribution in [2.75, 3.05) is 11.1 Å². The van der Waals surface area contributed by atoms with Gasteiger partial charge in [0.25, 0.3) is 5.91 Å². The lowest BCUT2D eigenvalue weighted by Gasteiger charge is -2.12. The number of anilines is 2. The molecule has 2 aromatic carbocycles. The zero-order chi connectivity index (χ0) is 20.4. The van der Waals surface area contributed by atoms with Gasteiger partial charge in [0.05, 0.1) is 17.1 Å². The Morgan fingerprint density at radius 2 is 1.86 bits per heavy atom. The van der Waals surface area contributed by atoms with Crippen LogP contribution in [0.4, 0.5) is 16.2 Å². The molecular weight excluding hydrogens is 368 g/mol. The van der Waals surface area contributed by atoms with E-state index in [2.05, 4.69) is 16.4 Å². The molecule has 0 fully saturated rings. The predicted molar refractivity (Wildman–Crippen MR) is 109 cm³/mol. The SMILES string of the molecule is NC(=O)OCc1ccc(C(=O)Nc2cccc(CC3c4cccnc43)c2N)cc1. The van der Waals surface area contributed by atoms with Crippen LogP contribution in [0.15, 0.2) is 60.8 Å². The van der Waals surface area contributed by atoms with Gasteiger partial charge in [-0.15, -0.1) is 0 Å². The smallest absolute Gasteiger partial charge is 0.404 e. The van der Waals surface area contributed by atoms with Crippen molar-refractivity contribution < 1.29 is 14.3 Å². The number of para-hydroxylation sites is 1. The van der Waals surface area contributed by atoms with E-state index in [1.165, 1.54) is 5.56 Å². The lowest BCUT2D eigenvalue weighted by molar-refractivity contribution is 0.102. The first-order valence-electron chi connectivity index (χ1n) is 9.17. The molecule has 0 radical (unpaired) electrons. The molecule has 1 aromatic heterocycles. The number of carbonyl (C=O) groups excluding carboxylic acids is 2. The molecule has 1 aliphatic rings. The van der Waals surface area contributed by atoms with E-state index in [9.17, 15) is 9.59 Å². The van der Waals surface area contributed by atoms with Crippen LogP contribution in [0.5, 0.6) is 0 Å². The second-order valence-corrected chi connectivity index (χ2v) is 6.87. The van der Waals surface area contributed by atoms with Gasteiger partial charge in [0.15, 0.2) is 0 Å². The maximum Gasteiger partial charge on any atom is 0.404 e. The second kappa shape index (κ2) is 7.63. The first kappa shape index (κ1) is 18.5. The average molecular weight is 388 g/mol. The normalized spacial score (nSPS) is 14.0. The molecule has 0 aliphatic heterocycles. The van der Waals surface area contributed by atoms with Crippen molar-refractivity contribution in [2.24, 2.45) is 5.73 Å². The van der Waals surface area contributed by atoms with Crippen molar-refractivity contribution in [1.29, 1.82) is 0 Å². The van der Waals surface area contributed by atoms with Crippen LogP contribution in [-0.2, 0) is 17.8 Å². The number of aromatic nitrogens is 1. The van der Waals surface area contributed by atoms with Crippen molar-refractivity contribution in [2.45, 2.75) is 18.9 Å². The van der Waals surface area contributed by atoms with Gasteiger partial charge in [0, 0.05) is 17.7 Å². The van der Waals surface area contributed by atoms with Gasteiger partial charge in [-0.25, -0.2) is 4.79 Å². The first-order chi connectivity index (χ1) is 14.0. The Labute approximate surface area is 167 Å². The van der Waals surface area contributed by atoms with Crippen molar-refractivity contribution >= 4 is 23.4 Å². The highest BCUT2D eigenvalue weighted by Gasteiger charge is 2.34. The second-order valence-electron chi connectivity index (χ2n) is 6.87. The number of nitrogen functional groups attached to an aromatic ring is 1. The molecule has 4 rings (SSSR count). The molecule has 3 aromatic rings. The first-order valence-corrected chi connectivity index (χ1v) is 9.17. The van der Waals surface area contributed by atoms with Crippen LogP contribution in [0.1, 0.15) is 38.7 Å². The average Bonchev–Trinajstić information content (AvgIpc) is 3.42. The number of nitrogens with one attached hydrogen (secondary N) is 1. The highest BCUT2D eigenvalue weighted by Crippen LogP contribution is 2.44. The molecule has 0 bridgehead atoms. The van der Waals surface area contributed by atoms with E-state index in [4.69, 9.17) is 16.2 Å². The number of primary amides is 1. The van der Waals surface area contributed by atoms with Gasteiger partial charge in [-0.1, -0.05) is 30.3 Å². The zero-order valence-electron chi connectivity index (χ0n) is 15.6. The standard InChI is InChI=1S/C22H20N4O3/c23-19-15(11-17-16-4-2-10-25-20(16)17)3-1-5-18(19)26-21(27)14-8-6-13(7-9-14)12-29-22(24)28/h1-10,17H,11-12,23H2,(H2,24,28)(H,26,27). The quantitative estimate of drug-likeness (QED) is 0.560. The van der Waals surface area contributed by atoms with E-state index < -0.39 is 6.09 Å². The maximum atomic E-state index is 12.6. The zero-order valence-corrected chi connectivity index (χ0v) is 15.6. The molecule has 1 heterocycles. The molecule has 0 spiro atoms. The molecule has 7 nitrogen and oxygen atoms in total. The third kappa shape index (κ3) is 4.03. The van der Waals surface area contributed by atoms with E-state index in [0.29, 0.717) is 22.9 Å².